The lowest BCUT2D eigenvalue weighted by Gasteiger charge is -2.12. The molecule has 1 aromatic rings. The number of hydrogen-bond acceptors (Lipinski definition) is 4. The second kappa shape index (κ2) is 7.17. The highest BCUT2D eigenvalue weighted by molar-refractivity contribution is 7.89. The molecule has 1 aromatic carbocycles. The molecule has 0 amide bonds. The van der Waals surface area contributed by atoms with Gasteiger partial charge in [0.1, 0.15) is 0 Å². The smallest absolute Gasteiger partial charge is 0.240 e. The van der Waals surface area contributed by atoms with E-state index >= 15 is 0 Å². The first kappa shape index (κ1) is 15.4. The van der Waals surface area contributed by atoms with Gasteiger partial charge in [-0.05, 0) is 37.5 Å². The first-order valence-electron chi connectivity index (χ1n) is 6.90. The molecule has 1 N–H and O–H groups in total. The van der Waals surface area contributed by atoms with Crippen LogP contribution in [0.25, 0.3) is 0 Å². The van der Waals surface area contributed by atoms with E-state index in [1.165, 1.54) is 0 Å². The van der Waals surface area contributed by atoms with E-state index in [1.807, 2.05) is 13.0 Å². The third-order valence-electron chi connectivity index (χ3n) is 3.21. The normalized spacial score (nSPS) is 19.4. The van der Waals surface area contributed by atoms with Gasteiger partial charge in [0.15, 0.2) is 0 Å². The molecule has 5 nitrogen and oxygen atoms in total. The zero-order valence-corrected chi connectivity index (χ0v) is 12.5. The van der Waals surface area contributed by atoms with Crippen LogP contribution in [0.4, 0.5) is 0 Å². The fourth-order valence-electron chi connectivity index (χ4n) is 2.11. The van der Waals surface area contributed by atoms with Crippen molar-refractivity contribution in [2.75, 3.05) is 19.8 Å². The summed E-state index contributed by atoms with van der Waals surface area (Å²) in [5.41, 5.74) is 0.854. The van der Waals surface area contributed by atoms with Gasteiger partial charge in [0.25, 0.3) is 0 Å². The first-order chi connectivity index (χ1) is 9.62. The van der Waals surface area contributed by atoms with Crippen LogP contribution in [0.5, 0.6) is 0 Å². The topological polar surface area (TPSA) is 64.6 Å². The van der Waals surface area contributed by atoms with Crippen LogP contribution in [0.3, 0.4) is 0 Å². The molecule has 1 fully saturated rings. The molecule has 0 aliphatic carbocycles. The van der Waals surface area contributed by atoms with Crippen LogP contribution in [-0.2, 0) is 26.1 Å². The maximum atomic E-state index is 12.2. The molecular weight excluding hydrogens is 278 g/mol. The molecule has 1 atom stereocenters. The molecule has 1 aliphatic rings. The van der Waals surface area contributed by atoms with Gasteiger partial charge in [-0.15, -0.1) is 0 Å². The summed E-state index contributed by atoms with van der Waals surface area (Å²) in [6.45, 7) is 3.98. The lowest BCUT2D eigenvalue weighted by molar-refractivity contribution is 0.114. The third-order valence-corrected chi connectivity index (χ3v) is 4.63. The highest BCUT2D eigenvalue weighted by Crippen LogP contribution is 2.15. The van der Waals surface area contributed by atoms with Gasteiger partial charge in [-0.2, -0.15) is 0 Å². The highest BCUT2D eigenvalue weighted by atomic mass is 32.2. The van der Waals surface area contributed by atoms with Crippen LogP contribution in [0, 0.1) is 0 Å². The summed E-state index contributed by atoms with van der Waals surface area (Å²) in [7, 11) is -3.48. The van der Waals surface area contributed by atoms with E-state index in [4.69, 9.17) is 9.47 Å². The highest BCUT2D eigenvalue weighted by Gasteiger charge is 2.20. The number of benzene rings is 1. The summed E-state index contributed by atoms with van der Waals surface area (Å²) in [6.07, 6.45) is 1.90. The van der Waals surface area contributed by atoms with E-state index in [1.54, 1.807) is 18.2 Å². The molecule has 1 saturated heterocycles. The van der Waals surface area contributed by atoms with Crippen molar-refractivity contribution in [3.63, 3.8) is 0 Å². The van der Waals surface area contributed by atoms with E-state index in [0.29, 0.717) is 19.8 Å². The Hall–Kier alpha value is -0.950. The number of hydrogen-bond donors (Lipinski definition) is 1. The predicted octanol–water partition coefficient (Wildman–Crippen LogP) is 1.68. The van der Waals surface area contributed by atoms with Crippen molar-refractivity contribution < 1.29 is 17.9 Å². The van der Waals surface area contributed by atoms with Crippen molar-refractivity contribution in [1.82, 2.24) is 4.72 Å². The van der Waals surface area contributed by atoms with Crippen molar-refractivity contribution in [3.8, 4) is 0 Å². The molecule has 0 bridgehead atoms. The summed E-state index contributed by atoms with van der Waals surface area (Å²) >= 11 is 0. The van der Waals surface area contributed by atoms with Gasteiger partial charge in [0.05, 0.1) is 17.6 Å². The monoisotopic (exact) mass is 299 g/mol. The Kier molecular flexibility index (Phi) is 5.54. The summed E-state index contributed by atoms with van der Waals surface area (Å²) in [5.74, 6) is 0. The van der Waals surface area contributed by atoms with Crippen molar-refractivity contribution >= 4 is 10.0 Å². The zero-order valence-electron chi connectivity index (χ0n) is 11.7. The third kappa shape index (κ3) is 4.28. The number of sulfonamides is 1. The standard InChI is InChI=1S/C14H21NO4S/c1-2-18-11-12-5-3-7-14(9-12)20(16,17)15-10-13-6-4-8-19-13/h3,5,7,9,13,15H,2,4,6,8,10-11H2,1H3/t13-/m1/s1. The zero-order chi connectivity index (χ0) is 14.4. The number of nitrogens with one attached hydrogen (secondary N) is 1. The predicted molar refractivity (Wildman–Crippen MR) is 75.9 cm³/mol. The molecule has 6 heteroatoms. The van der Waals surface area contributed by atoms with Crippen molar-refractivity contribution in [3.05, 3.63) is 29.8 Å². The van der Waals surface area contributed by atoms with Gasteiger partial charge in [0, 0.05) is 19.8 Å². The Morgan fingerprint density at radius 1 is 1.45 bits per heavy atom. The summed E-state index contributed by atoms with van der Waals surface area (Å²) < 4.78 is 37.7. The van der Waals surface area contributed by atoms with Gasteiger partial charge < -0.3 is 9.47 Å². The minimum absolute atomic E-state index is 0.00335. The van der Waals surface area contributed by atoms with Gasteiger partial charge >= 0.3 is 0 Å². The quantitative estimate of drug-likeness (QED) is 0.832. The molecule has 0 spiro atoms. The lowest BCUT2D eigenvalue weighted by atomic mass is 10.2. The van der Waals surface area contributed by atoms with E-state index < -0.39 is 10.0 Å². The summed E-state index contributed by atoms with van der Waals surface area (Å²) in [4.78, 5) is 0.271. The second-order valence-electron chi connectivity index (χ2n) is 4.77. The average molecular weight is 299 g/mol. The summed E-state index contributed by atoms with van der Waals surface area (Å²) in [6, 6.07) is 6.82. The Labute approximate surface area is 120 Å². The molecule has 112 valence electrons. The molecule has 1 aliphatic heterocycles. The molecule has 0 aromatic heterocycles. The fourth-order valence-corrected chi connectivity index (χ4v) is 3.25. The molecule has 0 unspecified atom stereocenters. The SMILES string of the molecule is CCOCc1cccc(S(=O)(=O)NC[C@H]2CCCO2)c1. The Morgan fingerprint density at radius 3 is 3.00 bits per heavy atom. The Bertz CT molecular complexity index is 524. The van der Waals surface area contributed by atoms with Crippen LogP contribution in [0.15, 0.2) is 29.2 Å². The van der Waals surface area contributed by atoms with Crippen LogP contribution in [0.1, 0.15) is 25.3 Å². The van der Waals surface area contributed by atoms with Crippen molar-refractivity contribution in [2.24, 2.45) is 0 Å². The number of ether oxygens (including phenoxy) is 2. The largest absolute Gasteiger partial charge is 0.377 e. The average Bonchev–Trinajstić information content (AvgIpc) is 2.97. The maximum Gasteiger partial charge on any atom is 0.240 e. The number of rotatable bonds is 7. The molecule has 1 heterocycles. The Morgan fingerprint density at radius 2 is 2.30 bits per heavy atom. The maximum absolute atomic E-state index is 12.2. The molecule has 20 heavy (non-hydrogen) atoms. The van der Waals surface area contributed by atoms with E-state index in [0.717, 1.165) is 25.0 Å². The van der Waals surface area contributed by atoms with Gasteiger partial charge in [0.2, 0.25) is 10.0 Å². The van der Waals surface area contributed by atoms with Gasteiger partial charge in [-0.3, -0.25) is 0 Å². The van der Waals surface area contributed by atoms with Crippen molar-refractivity contribution in [1.29, 1.82) is 0 Å². The Balaban J connectivity index is 2.00. The van der Waals surface area contributed by atoms with Crippen molar-refractivity contribution in [2.45, 2.75) is 37.4 Å². The van der Waals surface area contributed by atoms with Gasteiger partial charge in [-0.25, -0.2) is 13.1 Å². The van der Waals surface area contributed by atoms with Crippen LogP contribution >= 0.6 is 0 Å². The van der Waals surface area contributed by atoms with E-state index in [2.05, 4.69) is 4.72 Å². The van der Waals surface area contributed by atoms with E-state index in [9.17, 15) is 8.42 Å². The molecule has 0 radical (unpaired) electrons. The summed E-state index contributed by atoms with van der Waals surface area (Å²) in [5, 5.41) is 0. The molecule has 0 saturated carbocycles. The lowest BCUT2D eigenvalue weighted by Crippen LogP contribution is -2.31. The minimum Gasteiger partial charge on any atom is -0.377 e. The van der Waals surface area contributed by atoms with Crippen LogP contribution < -0.4 is 4.72 Å². The van der Waals surface area contributed by atoms with Crippen LogP contribution in [-0.4, -0.2) is 34.3 Å². The molecular formula is C14H21NO4S. The van der Waals surface area contributed by atoms with E-state index in [-0.39, 0.29) is 11.0 Å². The second-order valence-corrected chi connectivity index (χ2v) is 6.54. The van der Waals surface area contributed by atoms with Gasteiger partial charge in [-0.1, -0.05) is 12.1 Å². The molecule has 2 rings (SSSR count). The first-order valence-corrected chi connectivity index (χ1v) is 8.38. The fraction of sp³-hybridized carbons (Fsp3) is 0.571. The minimum atomic E-state index is -3.48. The van der Waals surface area contributed by atoms with Crippen LogP contribution in [0.2, 0.25) is 0 Å².